The summed E-state index contributed by atoms with van der Waals surface area (Å²) in [6.45, 7) is 4.52. The van der Waals surface area contributed by atoms with Crippen molar-refractivity contribution in [2.24, 2.45) is 0 Å². The van der Waals surface area contributed by atoms with Crippen LogP contribution in [0.2, 0.25) is 4.34 Å². The van der Waals surface area contributed by atoms with Gasteiger partial charge in [0.1, 0.15) is 19.0 Å². The third-order valence-electron chi connectivity index (χ3n) is 6.06. The maximum Gasteiger partial charge on any atom is 0.338 e. The molecule has 4 rings (SSSR count). The van der Waals surface area contributed by atoms with E-state index < -0.39 is 36.9 Å². The van der Waals surface area contributed by atoms with E-state index in [0.717, 1.165) is 33.2 Å². The average molecular weight is 611 g/mol. The SMILES string of the molecule is CC(C)(C)OC(=O)c1ccc(CNC(=O)c2ccc(Cl)s2)c(NC(=O)c2nc3c(s2)CN(C(CF)CF)CC3)c1. The summed E-state index contributed by atoms with van der Waals surface area (Å²) in [6.07, 6.45) is 0.480. The predicted octanol–water partition coefficient (Wildman–Crippen LogP) is 5.66. The number of fused-ring (bicyclic) bond motifs is 1. The molecule has 1 aliphatic rings. The van der Waals surface area contributed by atoms with Gasteiger partial charge in [0.05, 0.1) is 26.5 Å². The van der Waals surface area contributed by atoms with Gasteiger partial charge in [-0.3, -0.25) is 14.5 Å². The summed E-state index contributed by atoms with van der Waals surface area (Å²) in [5, 5.41) is 5.81. The molecule has 2 amide bonds. The second-order valence-corrected chi connectivity index (χ2v) is 13.0. The Morgan fingerprint density at radius 2 is 1.88 bits per heavy atom. The molecule has 0 radical (unpaired) electrons. The Morgan fingerprint density at radius 1 is 1.12 bits per heavy atom. The summed E-state index contributed by atoms with van der Waals surface area (Å²) in [5.41, 5.74) is 1.10. The summed E-state index contributed by atoms with van der Waals surface area (Å²) in [4.78, 5) is 46.0. The molecule has 0 unspecified atom stereocenters. The Balaban J connectivity index is 1.55. The highest BCUT2D eigenvalue weighted by molar-refractivity contribution is 7.18. The fourth-order valence-electron chi connectivity index (χ4n) is 4.05. The molecule has 0 atom stereocenters. The molecule has 2 N–H and O–H groups in total. The molecule has 3 aromatic rings. The van der Waals surface area contributed by atoms with Crippen LogP contribution in [0.4, 0.5) is 14.5 Å². The number of hydrogen-bond donors (Lipinski definition) is 2. The Hall–Kier alpha value is -2.93. The summed E-state index contributed by atoms with van der Waals surface area (Å²) < 4.78 is 32.4. The zero-order valence-corrected chi connectivity index (χ0v) is 24.6. The largest absolute Gasteiger partial charge is 0.456 e. The van der Waals surface area contributed by atoms with Crippen molar-refractivity contribution >= 4 is 57.7 Å². The molecule has 1 aromatic carbocycles. The molecule has 1 aliphatic heterocycles. The lowest BCUT2D eigenvalue weighted by Gasteiger charge is -2.30. The van der Waals surface area contributed by atoms with Crippen molar-refractivity contribution in [2.75, 3.05) is 25.2 Å². The topological polar surface area (TPSA) is 101 Å². The van der Waals surface area contributed by atoms with Gasteiger partial charge >= 0.3 is 5.97 Å². The van der Waals surface area contributed by atoms with E-state index >= 15 is 0 Å². The lowest BCUT2D eigenvalue weighted by molar-refractivity contribution is 0.00692. The van der Waals surface area contributed by atoms with E-state index in [0.29, 0.717) is 40.0 Å². The molecular formula is C27H29ClF2N4O4S2. The van der Waals surface area contributed by atoms with Gasteiger partial charge in [0.2, 0.25) is 0 Å². The first-order valence-electron chi connectivity index (χ1n) is 12.5. The van der Waals surface area contributed by atoms with Crippen molar-refractivity contribution in [3.05, 3.63) is 66.3 Å². The minimum Gasteiger partial charge on any atom is -0.456 e. The minimum absolute atomic E-state index is 0.0652. The number of thiophene rings is 1. The van der Waals surface area contributed by atoms with Crippen LogP contribution in [0.5, 0.6) is 0 Å². The molecule has 0 spiro atoms. The Morgan fingerprint density at radius 3 is 2.52 bits per heavy atom. The second-order valence-electron chi connectivity index (χ2n) is 10.2. The average Bonchev–Trinajstić information content (AvgIpc) is 3.53. The molecule has 8 nitrogen and oxygen atoms in total. The molecule has 0 fully saturated rings. The first kappa shape index (κ1) is 30.0. The Labute approximate surface area is 243 Å². The van der Waals surface area contributed by atoms with Crippen LogP contribution in [0.15, 0.2) is 30.3 Å². The standard InChI is InChI=1S/C27H29ClF2N4O4S2/c1-27(2,3)38-26(37)15-4-5-16(13-31-23(35)20-6-7-22(28)39-20)19(10-15)32-24(36)25-33-18-8-9-34(14-21(18)40-25)17(11-29)12-30/h4-7,10,17H,8-9,11-14H2,1-3H3,(H,31,35)(H,32,36). The third-order valence-corrected chi connectivity index (χ3v) is 8.37. The molecule has 3 heterocycles. The molecule has 0 bridgehead atoms. The van der Waals surface area contributed by atoms with Crippen LogP contribution in [0.3, 0.4) is 0 Å². The number of anilines is 1. The van der Waals surface area contributed by atoms with Crippen LogP contribution in [-0.4, -0.2) is 59.2 Å². The summed E-state index contributed by atoms with van der Waals surface area (Å²) in [7, 11) is 0. The van der Waals surface area contributed by atoms with Crippen LogP contribution in [0.1, 0.15) is 66.7 Å². The van der Waals surface area contributed by atoms with E-state index in [1.807, 2.05) is 0 Å². The highest BCUT2D eigenvalue weighted by Gasteiger charge is 2.28. The van der Waals surface area contributed by atoms with Crippen molar-refractivity contribution in [3.63, 3.8) is 0 Å². The fraction of sp³-hybridized carbons (Fsp3) is 0.407. The molecule has 0 saturated carbocycles. The van der Waals surface area contributed by atoms with E-state index in [1.54, 1.807) is 49.9 Å². The van der Waals surface area contributed by atoms with Gasteiger partial charge in [-0.1, -0.05) is 17.7 Å². The van der Waals surface area contributed by atoms with Crippen molar-refractivity contribution in [1.29, 1.82) is 0 Å². The lowest BCUT2D eigenvalue weighted by Crippen LogP contribution is -2.41. The number of carbonyl (C=O) groups excluding carboxylic acids is 3. The summed E-state index contributed by atoms with van der Waals surface area (Å²) in [5.74, 6) is -1.40. The molecular weight excluding hydrogens is 582 g/mol. The fourth-order valence-corrected chi connectivity index (χ4v) is 6.03. The lowest BCUT2D eigenvalue weighted by atomic mass is 10.1. The summed E-state index contributed by atoms with van der Waals surface area (Å²) >= 11 is 8.24. The first-order valence-corrected chi connectivity index (χ1v) is 14.5. The number of esters is 1. The number of nitrogens with one attached hydrogen (secondary N) is 2. The van der Waals surface area contributed by atoms with E-state index in [-0.39, 0.29) is 23.0 Å². The van der Waals surface area contributed by atoms with Crippen molar-refractivity contribution in [2.45, 2.75) is 51.9 Å². The van der Waals surface area contributed by atoms with Gasteiger partial charge in [0.15, 0.2) is 5.01 Å². The van der Waals surface area contributed by atoms with E-state index in [9.17, 15) is 23.2 Å². The van der Waals surface area contributed by atoms with Gasteiger partial charge in [-0.2, -0.15) is 0 Å². The first-order chi connectivity index (χ1) is 19.0. The highest BCUT2D eigenvalue weighted by Crippen LogP contribution is 2.28. The molecule has 0 saturated heterocycles. The minimum atomic E-state index is -0.814. The van der Waals surface area contributed by atoms with Gasteiger partial charge in [-0.05, 0) is 50.6 Å². The number of amides is 2. The van der Waals surface area contributed by atoms with Gasteiger partial charge < -0.3 is 15.4 Å². The number of ether oxygens (including phenoxy) is 1. The Kier molecular flexibility index (Phi) is 9.55. The zero-order chi connectivity index (χ0) is 29.0. The van der Waals surface area contributed by atoms with E-state index in [2.05, 4.69) is 15.6 Å². The molecule has 2 aromatic heterocycles. The van der Waals surface area contributed by atoms with Crippen molar-refractivity contribution in [1.82, 2.24) is 15.2 Å². The third kappa shape index (κ3) is 7.42. The monoisotopic (exact) mass is 610 g/mol. The van der Waals surface area contributed by atoms with Crippen LogP contribution in [-0.2, 0) is 24.2 Å². The summed E-state index contributed by atoms with van der Waals surface area (Å²) in [6, 6.07) is 7.13. The van der Waals surface area contributed by atoms with Crippen molar-refractivity contribution in [3.8, 4) is 0 Å². The normalized spacial score (nSPS) is 13.7. The molecule has 0 aliphatic carbocycles. The van der Waals surface area contributed by atoms with Crippen LogP contribution in [0, 0.1) is 0 Å². The molecule has 214 valence electrons. The number of halogens is 3. The second kappa shape index (κ2) is 12.7. The van der Waals surface area contributed by atoms with Crippen molar-refractivity contribution < 1.29 is 27.9 Å². The zero-order valence-electron chi connectivity index (χ0n) is 22.2. The van der Waals surface area contributed by atoms with Gasteiger partial charge in [0.25, 0.3) is 11.8 Å². The molecule has 13 heteroatoms. The predicted molar refractivity (Wildman–Crippen MR) is 152 cm³/mol. The van der Waals surface area contributed by atoms with Gasteiger partial charge in [-0.15, -0.1) is 22.7 Å². The van der Waals surface area contributed by atoms with E-state index in [4.69, 9.17) is 16.3 Å². The number of alkyl halides is 2. The number of rotatable bonds is 9. The maximum absolute atomic E-state index is 13.3. The van der Waals surface area contributed by atoms with Crippen LogP contribution >= 0.6 is 34.3 Å². The smallest absolute Gasteiger partial charge is 0.338 e. The number of hydrogen-bond acceptors (Lipinski definition) is 8. The number of nitrogens with zero attached hydrogens (tertiary/aromatic N) is 2. The highest BCUT2D eigenvalue weighted by atomic mass is 35.5. The van der Waals surface area contributed by atoms with E-state index in [1.165, 1.54) is 6.07 Å². The van der Waals surface area contributed by atoms with Gasteiger partial charge in [-0.25, -0.2) is 18.6 Å². The molecule has 40 heavy (non-hydrogen) atoms. The van der Waals surface area contributed by atoms with Crippen LogP contribution in [0.25, 0.3) is 0 Å². The number of benzene rings is 1. The number of carbonyl (C=O) groups is 3. The quantitative estimate of drug-likeness (QED) is 0.303. The number of aromatic nitrogens is 1. The van der Waals surface area contributed by atoms with Gasteiger partial charge in [0, 0.05) is 36.6 Å². The van der Waals surface area contributed by atoms with Crippen LogP contribution < -0.4 is 10.6 Å². The number of thiazole rings is 1. The Bertz CT molecular complexity index is 1400. The maximum atomic E-state index is 13.3.